The Morgan fingerprint density at radius 3 is 2.08 bits per heavy atom. The Balaban J connectivity index is 1.78. The zero-order chi connectivity index (χ0) is 19.1. The predicted octanol–water partition coefficient (Wildman–Crippen LogP) is 3.06. The second-order valence-corrected chi connectivity index (χ2v) is 7.93. The van der Waals surface area contributed by atoms with Crippen molar-refractivity contribution in [2.75, 3.05) is 31.1 Å². The van der Waals surface area contributed by atoms with E-state index in [9.17, 15) is 26.0 Å². The fraction of sp³-hybridized carbons (Fsp3) is 0.294. The van der Waals surface area contributed by atoms with Crippen molar-refractivity contribution in [2.45, 2.75) is 11.8 Å². The number of hydrogen-bond acceptors (Lipinski definition) is 3. The molecule has 26 heavy (non-hydrogen) atoms. The summed E-state index contributed by atoms with van der Waals surface area (Å²) < 4.78 is 80.2. The van der Waals surface area contributed by atoms with Gasteiger partial charge in [0.2, 0.25) is 10.0 Å². The van der Waals surface area contributed by atoms with Crippen LogP contribution >= 0.6 is 0 Å². The number of nitrogens with zero attached hydrogens (tertiary/aromatic N) is 2. The predicted molar refractivity (Wildman–Crippen MR) is 88.4 cm³/mol. The first-order valence-electron chi connectivity index (χ1n) is 7.86. The zero-order valence-electron chi connectivity index (χ0n) is 13.8. The molecule has 2 aromatic carbocycles. The van der Waals surface area contributed by atoms with Crippen LogP contribution in [0.5, 0.6) is 0 Å². The summed E-state index contributed by atoms with van der Waals surface area (Å²) in [6.07, 6.45) is 0. The first-order chi connectivity index (χ1) is 12.2. The number of aryl methyl sites for hydroxylation is 1. The van der Waals surface area contributed by atoms with Crippen molar-refractivity contribution in [1.82, 2.24) is 4.31 Å². The molecule has 0 saturated carbocycles. The first kappa shape index (κ1) is 18.7. The highest BCUT2D eigenvalue weighted by molar-refractivity contribution is 7.89. The van der Waals surface area contributed by atoms with Crippen LogP contribution in [-0.4, -0.2) is 38.9 Å². The van der Waals surface area contributed by atoms with Gasteiger partial charge in [-0.2, -0.15) is 4.31 Å². The monoisotopic (exact) mass is 388 g/mol. The first-order valence-corrected chi connectivity index (χ1v) is 9.30. The molecule has 0 spiro atoms. The van der Waals surface area contributed by atoms with Gasteiger partial charge >= 0.3 is 0 Å². The number of halogens is 4. The van der Waals surface area contributed by atoms with Gasteiger partial charge in [0.25, 0.3) is 0 Å². The molecule has 0 radical (unpaired) electrons. The summed E-state index contributed by atoms with van der Waals surface area (Å²) in [7, 11) is -3.82. The largest absolute Gasteiger partial charge is 0.366 e. The van der Waals surface area contributed by atoms with Crippen LogP contribution in [0.1, 0.15) is 5.56 Å². The third-order valence-electron chi connectivity index (χ3n) is 4.36. The third-order valence-corrected chi connectivity index (χ3v) is 6.26. The van der Waals surface area contributed by atoms with Gasteiger partial charge in [-0.15, -0.1) is 0 Å². The quantitative estimate of drug-likeness (QED) is 0.600. The lowest BCUT2D eigenvalue weighted by Gasteiger charge is -2.35. The van der Waals surface area contributed by atoms with Crippen molar-refractivity contribution >= 4 is 15.7 Å². The van der Waals surface area contributed by atoms with E-state index < -0.39 is 33.3 Å². The van der Waals surface area contributed by atoms with E-state index in [1.165, 1.54) is 28.3 Å². The number of rotatable bonds is 3. The number of anilines is 1. The number of sulfonamides is 1. The molecule has 1 saturated heterocycles. The summed E-state index contributed by atoms with van der Waals surface area (Å²) in [6.45, 7) is 1.77. The number of benzene rings is 2. The van der Waals surface area contributed by atoms with Crippen LogP contribution in [-0.2, 0) is 10.0 Å². The third kappa shape index (κ3) is 3.28. The molecular formula is C17H16F4N2O2S. The summed E-state index contributed by atoms with van der Waals surface area (Å²) in [5, 5.41) is 0. The lowest BCUT2D eigenvalue weighted by atomic mass is 10.2. The molecule has 1 fully saturated rings. The molecule has 9 heteroatoms. The average Bonchev–Trinajstić information content (AvgIpc) is 2.62. The number of piperazine rings is 1. The van der Waals surface area contributed by atoms with Crippen molar-refractivity contribution in [3.8, 4) is 0 Å². The minimum absolute atomic E-state index is 0.0242. The van der Waals surface area contributed by atoms with E-state index in [1.54, 1.807) is 0 Å². The lowest BCUT2D eigenvalue weighted by molar-refractivity contribution is 0.380. The molecule has 0 aliphatic carbocycles. The van der Waals surface area contributed by atoms with Crippen LogP contribution in [0.15, 0.2) is 35.2 Å². The molecule has 0 atom stereocenters. The maximum Gasteiger partial charge on any atom is 0.243 e. The van der Waals surface area contributed by atoms with Gasteiger partial charge in [0.15, 0.2) is 17.5 Å². The van der Waals surface area contributed by atoms with Gasteiger partial charge in [-0.1, -0.05) is 0 Å². The Bertz CT molecular complexity index is 942. The second-order valence-electron chi connectivity index (χ2n) is 6.00. The van der Waals surface area contributed by atoms with Gasteiger partial charge in [-0.05, 0) is 42.8 Å². The van der Waals surface area contributed by atoms with Gasteiger partial charge < -0.3 is 4.90 Å². The van der Waals surface area contributed by atoms with Crippen molar-refractivity contribution in [1.29, 1.82) is 0 Å². The highest BCUT2D eigenvalue weighted by Gasteiger charge is 2.30. The molecule has 2 aromatic rings. The maximum absolute atomic E-state index is 13.9. The molecule has 1 aliphatic rings. The fourth-order valence-corrected chi connectivity index (χ4v) is 4.36. The van der Waals surface area contributed by atoms with E-state index in [-0.39, 0.29) is 42.3 Å². The summed E-state index contributed by atoms with van der Waals surface area (Å²) in [5.74, 6) is -4.63. The molecular weight excluding hydrogens is 372 g/mol. The van der Waals surface area contributed by atoms with Gasteiger partial charge in [-0.3, -0.25) is 0 Å². The lowest BCUT2D eigenvalue weighted by Crippen LogP contribution is -2.49. The van der Waals surface area contributed by atoms with Gasteiger partial charge in [0.05, 0.1) is 10.6 Å². The molecule has 0 N–H and O–H groups in total. The fourth-order valence-electron chi connectivity index (χ4n) is 2.86. The molecule has 0 unspecified atom stereocenters. The molecule has 1 heterocycles. The normalized spacial score (nSPS) is 16.1. The summed E-state index contributed by atoms with van der Waals surface area (Å²) >= 11 is 0. The topological polar surface area (TPSA) is 40.6 Å². The summed E-state index contributed by atoms with van der Waals surface area (Å²) in [4.78, 5) is 1.43. The SMILES string of the molecule is Cc1cc(S(=O)(=O)N2CCN(c3ccc(F)c(F)c3F)CC2)ccc1F. The molecule has 4 nitrogen and oxygen atoms in total. The molecule has 0 aromatic heterocycles. The highest BCUT2D eigenvalue weighted by Crippen LogP contribution is 2.26. The van der Waals surface area contributed by atoms with Crippen LogP contribution in [0.4, 0.5) is 23.2 Å². The van der Waals surface area contributed by atoms with Crippen LogP contribution in [0, 0.1) is 30.2 Å². The van der Waals surface area contributed by atoms with Crippen molar-refractivity contribution in [3.63, 3.8) is 0 Å². The van der Waals surface area contributed by atoms with E-state index in [4.69, 9.17) is 0 Å². The Hall–Kier alpha value is -2.13. The van der Waals surface area contributed by atoms with E-state index >= 15 is 0 Å². The minimum atomic E-state index is -3.82. The van der Waals surface area contributed by atoms with Gasteiger partial charge in [-0.25, -0.2) is 26.0 Å². The van der Waals surface area contributed by atoms with Crippen molar-refractivity contribution < 1.29 is 26.0 Å². The highest BCUT2D eigenvalue weighted by atomic mass is 32.2. The van der Waals surface area contributed by atoms with Crippen molar-refractivity contribution in [3.05, 3.63) is 59.2 Å². The Morgan fingerprint density at radius 2 is 1.46 bits per heavy atom. The van der Waals surface area contributed by atoms with E-state index in [2.05, 4.69) is 0 Å². The van der Waals surface area contributed by atoms with Crippen LogP contribution in [0.2, 0.25) is 0 Å². The van der Waals surface area contributed by atoms with E-state index in [1.807, 2.05) is 0 Å². The van der Waals surface area contributed by atoms with Crippen LogP contribution < -0.4 is 4.90 Å². The molecule has 3 rings (SSSR count). The minimum Gasteiger partial charge on any atom is -0.366 e. The second kappa shape index (κ2) is 6.88. The zero-order valence-corrected chi connectivity index (χ0v) is 14.7. The van der Waals surface area contributed by atoms with E-state index in [0.29, 0.717) is 0 Å². The van der Waals surface area contributed by atoms with Crippen molar-refractivity contribution in [2.24, 2.45) is 0 Å². The van der Waals surface area contributed by atoms with E-state index in [0.717, 1.165) is 18.2 Å². The Morgan fingerprint density at radius 1 is 0.846 bits per heavy atom. The van der Waals surface area contributed by atoms with Crippen LogP contribution in [0.25, 0.3) is 0 Å². The standard InChI is InChI=1S/C17H16F4N2O2S/c1-11-10-12(2-3-13(11)18)26(24,25)23-8-6-22(7-9-23)15-5-4-14(19)16(20)17(15)21/h2-5,10H,6-9H2,1H3. The molecule has 140 valence electrons. The smallest absolute Gasteiger partial charge is 0.243 e. The van der Waals surface area contributed by atoms with Gasteiger partial charge in [0, 0.05) is 26.2 Å². The molecule has 1 aliphatic heterocycles. The summed E-state index contributed by atoms with van der Waals surface area (Å²) in [5.41, 5.74) is 0.104. The maximum atomic E-state index is 13.9. The van der Waals surface area contributed by atoms with Crippen LogP contribution in [0.3, 0.4) is 0 Å². The molecule has 0 bridgehead atoms. The van der Waals surface area contributed by atoms with Gasteiger partial charge in [0.1, 0.15) is 5.82 Å². The summed E-state index contributed by atoms with van der Waals surface area (Å²) in [6, 6.07) is 5.50. The molecule has 0 amide bonds. The number of hydrogen-bond donors (Lipinski definition) is 0. The Labute approximate surface area is 148 Å². The Kier molecular flexibility index (Phi) is 4.94. The average molecular weight is 388 g/mol.